The maximum atomic E-state index is 14.3. The van der Waals surface area contributed by atoms with Crippen molar-refractivity contribution in [2.24, 2.45) is 0 Å². The van der Waals surface area contributed by atoms with Gasteiger partial charge in [0.2, 0.25) is 0 Å². The molecular weight excluding hydrogens is 392 g/mol. The Hall–Kier alpha value is -3.76. The van der Waals surface area contributed by atoms with Crippen LogP contribution in [0.2, 0.25) is 0 Å². The highest BCUT2D eigenvalue weighted by atomic mass is 19.3. The SMILES string of the molecule is Cc1cc(F)c(-c2nnc(C(F)F)[nH]2)cc1NC(=O)c1cnn2cc(F)ccc12. The molecule has 0 aliphatic heterocycles. The van der Waals surface area contributed by atoms with Gasteiger partial charge in [-0.2, -0.15) is 5.10 Å². The van der Waals surface area contributed by atoms with E-state index in [9.17, 15) is 22.4 Å². The number of nitrogens with one attached hydrogen (secondary N) is 2. The summed E-state index contributed by atoms with van der Waals surface area (Å²) in [6, 6.07) is 5.00. The number of H-pyrrole nitrogens is 1. The molecule has 0 aliphatic carbocycles. The van der Waals surface area contributed by atoms with Gasteiger partial charge in [0, 0.05) is 5.69 Å². The molecule has 1 amide bonds. The monoisotopic (exact) mass is 404 g/mol. The van der Waals surface area contributed by atoms with Crippen LogP contribution >= 0.6 is 0 Å². The van der Waals surface area contributed by atoms with Crippen LogP contribution in [0.3, 0.4) is 0 Å². The number of pyridine rings is 1. The number of alkyl halides is 2. The summed E-state index contributed by atoms with van der Waals surface area (Å²) in [5.41, 5.74) is 1.06. The Morgan fingerprint density at radius 2 is 2.00 bits per heavy atom. The number of aromatic amines is 1. The van der Waals surface area contributed by atoms with Gasteiger partial charge in [-0.25, -0.2) is 22.1 Å². The van der Waals surface area contributed by atoms with Crippen LogP contribution in [-0.4, -0.2) is 30.7 Å². The van der Waals surface area contributed by atoms with Gasteiger partial charge in [0.05, 0.1) is 29.0 Å². The number of benzene rings is 1. The Balaban J connectivity index is 1.68. The van der Waals surface area contributed by atoms with Gasteiger partial charge in [-0.1, -0.05) is 0 Å². The highest BCUT2D eigenvalue weighted by Gasteiger charge is 2.19. The normalized spacial score (nSPS) is 11.4. The molecule has 4 aromatic rings. The third-order valence-corrected chi connectivity index (χ3v) is 4.25. The number of nitrogens with zero attached hydrogens (tertiary/aromatic N) is 4. The summed E-state index contributed by atoms with van der Waals surface area (Å²) in [5.74, 6) is -2.67. The second-order valence-electron chi connectivity index (χ2n) is 6.20. The van der Waals surface area contributed by atoms with Crippen LogP contribution in [0.15, 0.2) is 36.7 Å². The number of amides is 1. The van der Waals surface area contributed by atoms with Crippen LogP contribution in [0.5, 0.6) is 0 Å². The van der Waals surface area contributed by atoms with Gasteiger partial charge in [0.25, 0.3) is 12.3 Å². The van der Waals surface area contributed by atoms with Crippen molar-refractivity contribution in [3.8, 4) is 11.4 Å². The summed E-state index contributed by atoms with van der Waals surface area (Å²) < 4.78 is 54.3. The fourth-order valence-corrected chi connectivity index (χ4v) is 2.81. The molecule has 1 aromatic carbocycles. The fourth-order valence-electron chi connectivity index (χ4n) is 2.81. The van der Waals surface area contributed by atoms with Crippen LogP contribution in [0.25, 0.3) is 16.9 Å². The first-order chi connectivity index (χ1) is 13.8. The number of carbonyl (C=O) groups is 1. The number of rotatable bonds is 4. The number of anilines is 1. The third-order valence-electron chi connectivity index (χ3n) is 4.25. The molecular formula is C18H12F4N6O. The van der Waals surface area contributed by atoms with Crippen molar-refractivity contribution >= 4 is 17.1 Å². The van der Waals surface area contributed by atoms with Crippen LogP contribution in [0.4, 0.5) is 23.2 Å². The van der Waals surface area contributed by atoms with E-state index in [1.54, 1.807) is 6.92 Å². The van der Waals surface area contributed by atoms with Crippen molar-refractivity contribution in [3.05, 3.63) is 65.2 Å². The summed E-state index contributed by atoms with van der Waals surface area (Å²) >= 11 is 0. The number of aryl methyl sites for hydroxylation is 1. The van der Waals surface area contributed by atoms with Crippen LogP contribution in [-0.2, 0) is 0 Å². The lowest BCUT2D eigenvalue weighted by Gasteiger charge is -2.10. The molecule has 0 bridgehead atoms. The van der Waals surface area contributed by atoms with E-state index in [4.69, 9.17) is 0 Å². The van der Waals surface area contributed by atoms with E-state index in [2.05, 4.69) is 25.6 Å². The Morgan fingerprint density at radius 1 is 1.21 bits per heavy atom. The lowest BCUT2D eigenvalue weighted by Crippen LogP contribution is -2.13. The molecule has 2 N–H and O–H groups in total. The minimum absolute atomic E-state index is 0.132. The topological polar surface area (TPSA) is 88.0 Å². The van der Waals surface area contributed by atoms with Gasteiger partial charge in [-0.15, -0.1) is 10.2 Å². The van der Waals surface area contributed by atoms with Gasteiger partial charge in [0.15, 0.2) is 11.6 Å². The first-order valence-corrected chi connectivity index (χ1v) is 8.29. The molecule has 4 rings (SSSR count). The highest BCUT2D eigenvalue weighted by molar-refractivity contribution is 6.09. The van der Waals surface area contributed by atoms with Gasteiger partial charge in [-0.05, 0) is 36.8 Å². The maximum absolute atomic E-state index is 14.3. The number of aromatic nitrogens is 5. The van der Waals surface area contributed by atoms with E-state index >= 15 is 0 Å². The zero-order chi connectivity index (χ0) is 20.7. The first-order valence-electron chi connectivity index (χ1n) is 8.29. The van der Waals surface area contributed by atoms with Crippen molar-refractivity contribution in [2.45, 2.75) is 13.3 Å². The summed E-state index contributed by atoms with van der Waals surface area (Å²) in [5, 5.41) is 13.4. The number of fused-ring (bicyclic) bond motifs is 1. The number of carbonyl (C=O) groups excluding carboxylic acids is 1. The molecule has 3 heterocycles. The molecule has 0 spiro atoms. The quantitative estimate of drug-likeness (QED) is 0.505. The summed E-state index contributed by atoms with van der Waals surface area (Å²) in [6.07, 6.45) is -0.489. The smallest absolute Gasteiger partial charge is 0.297 e. The molecule has 0 saturated heterocycles. The van der Waals surface area contributed by atoms with Crippen molar-refractivity contribution in [2.75, 3.05) is 5.32 Å². The molecule has 3 aromatic heterocycles. The molecule has 0 unspecified atom stereocenters. The van der Waals surface area contributed by atoms with E-state index in [0.29, 0.717) is 11.1 Å². The van der Waals surface area contributed by atoms with E-state index in [-0.39, 0.29) is 22.6 Å². The first kappa shape index (κ1) is 18.6. The Bertz CT molecular complexity index is 1230. The molecule has 0 saturated carbocycles. The van der Waals surface area contributed by atoms with Crippen molar-refractivity contribution in [1.82, 2.24) is 24.8 Å². The predicted molar refractivity (Wildman–Crippen MR) is 94.6 cm³/mol. The lowest BCUT2D eigenvalue weighted by atomic mass is 10.1. The number of hydrogen-bond acceptors (Lipinski definition) is 4. The van der Waals surface area contributed by atoms with Gasteiger partial charge < -0.3 is 10.3 Å². The minimum Gasteiger partial charge on any atom is -0.322 e. The Kier molecular flexibility index (Phi) is 4.49. The minimum atomic E-state index is -2.88. The highest BCUT2D eigenvalue weighted by Crippen LogP contribution is 2.28. The molecule has 0 atom stereocenters. The third kappa shape index (κ3) is 3.42. The standard InChI is InChI=1S/C18H12F4N6O/c1-8-4-12(20)10(16-25-17(15(21)22)27-26-16)5-13(8)24-18(29)11-6-23-28-7-9(19)2-3-14(11)28/h2-7,15H,1H3,(H,24,29)(H,25,26,27). The second kappa shape index (κ2) is 7.00. The zero-order valence-electron chi connectivity index (χ0n) is 14.8. The van der Waals surface area contributed by atoms with Crippen LogP contribution in [0.1, 0.15) is 28.2 Å². The average Bonchev–Trinajstić information content (AvgIpc) is 3.30. The van der Waals surface area contributed by atoms with E-state index in [1.807, 2.05) is 0 Å². The van der Waals surface area contributed by atoms with Crippen LogP contribution in [0, 0.1) is 18.6 Å². The van der Waals surface area contributed by atoms with Gasteiger partial charge >= 0.3 is 0 Å². The average molecular weight is 404 g/mol. The number of halogens is 4. The molecule has 29 heavy (non-hydrogen) atoms. The molecule has 11 heteroatoms. The van der Waals surface area contributed by atoms with Crippen molar-refractivity contribution in [1.29, 1.82) is 0 Å². The zero-order valence-corrected chi connectivity index (χ0v) is 14.8. The predicted octanol–water partition coefficient (Wildman–Crippen LogP) is 3.90. The summed E-state index contributed by atoms with van der Waals surface area (Å²) in [4.78, 5) is 14.9. The van der Waals surface area contributed by atoms with E-state index < -0.39 is 29.8 Å². The molecule has 7 nitrogen and oxygen atoms in total. The molecule has 0 radical (unpaired) electrons. The Labute approximate surface area is 160 Å². The Morgan fingerprint density at radius 3 is 2.72 bits per heavy atom. The fraction of sp³-hybridized carbons (Fsp3) is 0.111. The largest absolute Gasteiger partial charge is 0.322 e. The second-order valence-corrected chi connectivity index (χ2v) is 6.20. The van der Waals surface area contributed by atoms with Crippen LogP contribution < -0.4 is 5.32 Å². The lowest BCUT2D eigenvalue weighted by molar-refractivity contribution is 0.102. The van der Waals surface area contributed by atoms with E-state index in [0.717, 1.165) is 12.3 Å². The number of hydrogen-bond donors (Lipinski definition) is 2. The molecule has 0 aliphatic rings. The molecule has 0 fully saturated rings. The van der Waals surface area contributed by atoms with Crippen molar-refractivity contribution in [3.63, 3.8) is 0 Å². The summed E-state index contributed by atoms with van der Waals surface area (Å²) in [7, 11) is 0. The maximum Gasteiger partial charge on any atom is 0.297 e. The molecule has 148 valence electrons. The van der Waals surface area contributed by atoms with Crippen molar-refractivity contribution < 1.29 is 22.4 Å². The van der Waals surface area contributed by atoms with E-state index in [1.165, 1.54) is 28.9 Å². The van der Waals surface area contributed by atoms with Gasteiger partial charge in [-0.3, -0.25) is 4.79 Å². The van der Waals surface area contributed by atoms with Gasteiger partial charge in [0.1, 0.15) is 11.6 Å². The summed E-state index contributed by atoms with van der Waals surface area (Å²) in [6.45, 7) is 1.57.